The molecule has 0 aliphatic rings. The highest BCUT2D eigenvalue weighted by Gasteiger charge is 2.02. The van der Waals surface area contributed by atoms with E-state index in [2.05, 4.69) is 11.8 Å². The van der Waals surface area contributed by atoms with Crippen LogP contribution in [0.25, 0.3) is 0 Å². The van der Waals surface area contributed by atoms with Crippen LogP contribution in [-0.4, -0.2) is 31.1 Å². The van der Waals surface area contributed by atoms with Crippen molar-refractivity contribution < 1.29 is 9.53 Å². The predicted molar refractivity (Wildman–Crippen MR) is 57.9 cm³/mol. The molecule has 0 aromatic rings. The average molecular weight is 199 g/mol. The van der Waals surface area contributed by atoms with Crippen molar-refractivity contribution in [2.45, 2.75) is 33.6 Å². The summed E-state index contributed by atoms with van der Waals surface area (Å²) in [6, 6.07) is 0. The highest BCUT2D eigenvalue weighted by Crippen LogP contribution is 2.02. The SMILES string of the molecule is CCCCN(C)/C(C)=C/C(=O)OCC. The van der Waals surface area contributed by atoms with Gasteiger partial charge in [0.15, 0.2) is 0 Å². The van der Waals surface area contributed by atoms with Gasteiger partial charge in [0.05, 0.1) is 6.61 Å². The molecule has 3 nitrogen and oxygen atoms in total. The minimum atomic E-state index is -0.256. The summed E-state index contributed by atoms with van der Waals surface area (Å²) in [5.74, 6) is -0.256. The third-order valence-corrected chi connectivity index (χ3v) is 2.06. The summed E-state index contributed by atoms with van der Waals surface area (Å²) in [4.78, 5) is 13.2. The monoisotopic (exact) mass is 199 g/mol. The van der Waals surface area contributed by atoms with Crippen molar-refractivity contribution in [3.05, 3.63) is 11.8 Å². The lowest BCUT2D eigenvalue weighted by Crippen LogP contribution is -2.18. The van der Waals surface area contributed by atoms with Gasteiger partial charge in [-0.15, -0.1) is 0 Å². The molecule has 0 aliphatic carbocycles. The van der Waals surface area contributed by atoms with Gasteiger partial charge in [-0.05, 0) is 20.3 Å². The van der Waals surface area contributed by atoms with Crippen molar-refractivity contribution in [2.24, 2.45) is 0 Å². The van der Waals surface area contributed by atoms with Crippen LogP contribution in [0.3, 0.4) is 0 Å². The van der Waals surface area contributed by atoms with Gasteiger partial charge >= 0.3 is 5.97 Å². The summed E-state index contributed by atoms with van der Waals surface area (Å²) in [5.41, 5.74) is 0.955. The lowest BCUT2D eigenvalue weighted by Gasteiger charge is -2.18. The summed E-state index contributed by atoms with van der Waals surface area (Å²) >= 11 is 0. The van der Waals surface area contributed by atoms with Crippen molar-refractivity contribution in [1.29, 1.82) is 0 Å². The maximum Gasteiger partial charge on any atom is 0.332 e. The summed E-state index contributed by atoms with van der Waals surface area (Å²) in [5, 5.41) is 0. The number of allylic oxidation sites excluding steroid dienone is 1. The first kappa shape index (κ1) is 13.0. The van der Waals surface area contributed by atoms with Crippen LogP contribution in [0.5, 0.6) is 0 Å². The summed E-state index contributed by atoms with van der Waals surface area (Å²) in [6.45, 7) is 7.30. The molecule has 0 rings (SSSR count). The van der Waals surface area contributed by atoms with Crippen molar-refractivity contribution in [2.75, 3.05) is 20.2 Å². The summed E-state index contributed by atoms with van der Waals surface area (Å²) in [7, 11) is 1.99. The molecule has 0 radical (unpaired) electrons. The van der Waals surface area contributed by atoms with E-state index < -0.39 is 0 Å². The number of unbranched alkanes of at least 4 members (excludes halogenated alkanes) is 1. The van der Waals surface area contributed by atoms with Crippen LogP contribution in [0.1, 0.15) is 33.6 Å². The number of nitrogens with zero attached hydrogens (tertiary/aromatic N) is 1. The second kappa shape index (κ2) is 7.42. The molecule has 0 aromatic heterocycles. The van der Waals surface area contributed by atoms with Crippen LogP contribution < -0.4 is 0 Å². The zero-order valence-electron chi connectivity index (χ0n) is 9.67. The number of esters is 1. The number of rotatable bonds is 6. The molecule has 0 amide bonds. The molecule has 0 saturated heterocycles. The van der Waals surface area contributed by atoms with Crippen molar-refractivity contribution >= 4 is 5.97 Å². The van der Waals surface area contributed by atoms with Crippen LogP contribution in [0.2, 0.25) is 0 Å². The normalized spacial score (nSPS) is 11.3. The molecule has 0 aromatic carbocycles. The van der Waals surface area contributed by atoms with E-state index in [4.69, 9.17) is 4.74 Å². The fraction of sp³-hybridized carbons (Fsp3) is 0.727. The Bertz CT molecular complexity index is 199. The Morgan fingerprint density at radius 1 is 1.43 bits per heavy atom. The maximum absolute atomic E-state index is 11.1. The molecule has 0 unspecified atom stereocenters. The first-order valence-electron chi connectivity index (χ1n) is 5.18. The number of carbonyl (C=O) groups is 1. The van der Waals surface area contributed by atoms with Gasteiger partial charge in [-0.1, -0.05) is 13.3 Å². The molecule has 0 aliphatic heterocycles. The van der Waals surface area contributed by atoms with Gasteiger partial charge in [-0.25, -0.2) is 4.79 Å². The average Bonchev–Trinajstić information content (AvgIpc) is 2.14. The highest BCUT2D eigenvalue weighted by molar-refractivity contribution is 5.82. The summed E-state index contributed by atoms with van der Waals surface area (Å²) in [6.07, 6.45) is 3.85. The van der Waals surface area contributed by atoms with Gasteiger partial charge in [-0.3, -0.25) is 0 Å². The zero-order valence-corrected chi connectivity index (χ0v) is 9.67. The molecule has 0 spiro atoms. The highest BCUT2D eigenvalue weighted by atomic mass is 16.5. The second-order valence-corrected chi connectivity index (χ2v) is 3.31. The first-order chi connectivity index (χ1) is 6.61. The fourth-order valence-corrected chi connectivity index (χ4v) is 1.04. The molecule has 0 N–H and O–H groups in total. The Hall–Kier alpha value is -0.990. The third kappa shape index (κ3) is 5.62. The Labute approximate surface area is 86.7 Å². The Kier molecular flexibility index (Phi) is 6.89. The molecule has 14 heavy (non-hydrogen) atoms. The van der Waals surface area contributed by atoms with Gasteiger partial charge in [0, 0.05) is 25.4 Å². The first-order valence-corrected chi connectivity index (χ1v) is 5.18. The van der Waals surface area contributed by atoms with E-state index in [9.17, 15) is 4.79 Å². The number of ether oxygens (including phenoxy) is 1. The van der Waals surface area contributed by atoms with Crippen molar-refractivity contribution in [3.8, 4) is 0 Å². The molecular weight excluding hydrogens is 178 g/mol. The lowest BCUT2D eigenvalue weighted by molar-refractivity contribution is -0.137. The Morgan fingerprint density at radius 3 is 2.57 bits per heavy atom. The van der Waals surface area contributed by atoms with Gasteiger partial charge in [-0.2, -0.15) is 0 Å². The molecule has 0 bridgehead atoms. The fourth-order valence-electron chi connectivity index (χ4n) is 1.04. The van der Waals surface area contributed by atoms with E-state index in [-0.39, 0.29) is 5.97 Å². The van der Waals surface area contributed by atoms with Crippen molar-refractivity contribution in [1.82, 2.24) is 4.90 Å². The van der Waals surface area contributed by atoms with E-state index in [1.807, 2.05) is 20.9 Å². The van der Waals surface area contributed by atoms with E-state index in [0.717, 1.165) is 25.1 Å². The van der Waals surface area contributed by atoms with E-state index >= 15 is 0 Å². The number of hydrogen-bond acceptors (Lipinski definition) is 3. The van der Waals surface area contributed by atoms with E-state index in [1.165, 1.54) is 0 Å². The quantitative estimate of drug-likeness (QED) is 0.485. The molecule has 0 atom stereocenters. The van der Waals surface area contributed by atoms with Gasteiger partial charge in [0.25, 0.3) is 0 Å². The van der Waals surface area contributed by atoms with Crippen LogP contribution in [-0.2, 0) is 9.53 Å². The second-order valence-electron chi connectivity index (χ2n) is 3.31. The van der Waals surface area contributed by atoms with Crippen LogP contribution >= 0.6 is 0 Å². The zero-order chi connectivity index (χ0) is 11.0. The minimum Gasteiger partial charge on any atom is -0.463 e. The van der Waals surface area contributed by atoms with Crippen LogP contribution in [0.4, 0.5) is 0 Å². The third-order valence-electron chi connectivity index (χ3n) is 2.06. The molecule has 0 fully saturated rings. The van der Waals surface area contributed by atoms with E-state index in [0.29, 0.717) is 6.61 Å². The standard InChI is InChI=1S/C11H21NO2/c1-5-7-8-12(4)10(3)9-11(13)14-6-2/h9H,5-8H2,1-4H3/b10-9+. The van der Waals surface area contributed by atoms with Crippen LogP contribution in [0.15, 0.2) is 11.8 Å². The molecule has 3 heteroatoms. The minimum absolute atomic E-state index is 0.256. The Morgan fingerprint density at radius 2 is 2.07 bits per heavy atom. The largest absolute Gasteiger partial charge is 0.463 e. The predicted octanol–water partition coefficient (Wildman–Crippen LogP) is 2.19. The Balaban J connectivity index is 4.01. The number of hydrogen-bond donors (Lipinski definition) is 0. The molecule has 0 saturated carbocycles. The van der Waals surface area contributed by atoms with Gasteiger partial charge in [0.2, 0.25) is 0 Å². The molecule has 0 heterocycles. The van der Waals surface area contributed by atoms with Crippen LogP contribution in [0, 0.1) is 0 Å². The molecule has 82 valence electrons. The molecular formula is C11H21NO2. The van der Waals surface area contributed by atoms with Gasteiger partial charge < -0.3 is 9.64 Å². The van der Waals surface area contributed by atoms with Crippen molar-refractivity contribution in [3.63, 3.8) is 0 Å². The van der Waals surface area contributed by atoms with E-state index in [1.54, 1.807) is 6.08 Å². The topological polar surface area (TPSA) is 29.5 Å². The smallest absolute Gasteiger partial charge is 0.332 e. The maximum atomic E-state index is 11.1. The number of carbonyl (C=O) groups excluding carboxylic acids is 1. The van der Waals surface area contributed by atoms with Gasteiger partial charge in [0.1, 0.15) is 0 Å². The summed E-state index contributed by atoms with van der Waals surface area (Å²) < 4.78 is 4.83. The lowest BCUT2D eigenvalue weighted by atomic mass is 10.3.